The lowest BCUT2D eigenvalue weighted by molar-refractivity contribution is -0.122. The van der Waals surface area contributed by atoms with Gasteiger partial charge in [0.15, 0.2) is 0 Å². The highest BCUT2D eigenvalue weighted by Crippen LogP contribution is 2.24. The Bertz CT molecular complexity index is 1100. The number of rotatable bonds is 6. The number of aromatic nitrogens is 3. The first-order valence-electron chi connectivity index (χ1n) is 9.19. The Hall–Kier alpha value is -3.19. The predicted octanol–water partition coefficient (Wildman–Crippen LogP) is 4.85. The molecule has 1 amide bonds. The minimum atomic E-state index is -0.0912. The largest absolute Gasteiger partial charge is 0.348 e. The second-order valence-electron chi connectivity index (χ2n) is 6.65. The predicted molar refractivity (Wildman–Crippen MR) is 114 cm³/mol. The molecule has 4 aromatic rings. The average molecular weight is 451 g/mol. The van der Waals surface area contributed by atoms with E-state index in [1.54, 1.807) is 4.57 Å². The van der Waals surface area contributed by atoms with Crippen molar-refractivity contribution in [2.75, 3.05) is 0 Å². The highest BCUT2D eigenvalue weighted by atomic mass is 79.9. The summed E-state index contributed by atoms with van der Waals surface area (Å²) in [6.45, 7) is 2.13. The van der Waals surface area contributed by atoms with E-state index in [4.69, 9.17) is 4.52 Å². The Balaban J connectivity index is 1.47. The van der Waals surface area contributed by atoms with Gasteiger partial charge in [-0.25, -0.2) is 0 Å². The van der Waals surface area contributed by atoms with E-state index >= 15 is 0 Å². The number of amides is 1. The summed E-state index contributed by atoms with van der Waals surface area (Å²) in [7, 11) is 0. The zero-order valence-electron chi connectivity index (χ0n) is 15.7. The fourth-order valence-electron chi connectivity index (χ4n) is 3.06. The summed E-state index contributed by atoms with van der Waals surface area (Å²) in [5, 5.41) is 7.08. The normalized spacial score (nSPS) is 11.9. The lowest BCUT2D eigenvalue weighted by atomic mass is 10.1. The Morgan fingerprint density at radius 3 is 2.62 bits per heavy atom. The molecule has 0 spiro atoms. The van der Waals surface area contributed by atoms with Crippen LogP contribution >= 0.6 is 15.9 Å². The lowest BCUT2D eigenvalue weighted by Gasteiger charge is -2.15. The van der Waals surface area contributed by atoms with Crippen molar-refractivity contribution < 1.29 is 9.32 Å². The minimum absolute atomic E-state index is 0.0740. The summed E-state index contributed by atoms with van der Waals surface area (Å²) >= 11 is 3.41. The van der Waals surface area contributed by atoms with Crippen LogP contribution in [0.2, 0.25) is 0 Å². The molecule has 4 rings (SSSR count). The van der Waals surface area contributed by atoms with Gasteiger partial charge in [-0.2, -0.15) is 4.98 Å². The molecule has 7 heteroatoms. The number of halogens is 1. The number of benzene rings is 2. The molecule has 1 N–H and O–H groups in total. The Labute approximate surface area is 176 Å². The van der Waals surface area contributed by atoms with Crippen molar-refractivity contribution in [3.05, 3.63) is 83.0 Å². The maximum absolute atomic E-state index is 12.5. The smallest absolute Gasteiger partial charge is 0.274 e. The van der Waals surface area contributed by atoms with Crippen LogP contribution in [-0.4, -0.2) is 20.6 Å². The van der Waals surface area contributed by atoms with Gasteiger partial charge in [0.25, 0.3) is 5.89 Å². The minimum Gasteiger partial charge on any atom is -0.348 e. The second kappa shape index (κ2) is 8.45. The van der Waals surface area contributed by atoms with E-state index in [-0.39, 0.29) is 18.5 Å². The van der Waals surface area contributed by atoms with Crippen LogP contribution in [0.5, 0.6) is 0 Å². The number of hydrogen-bond acceptors (Lipinski definition) is 4. The molecular weight excluding hydrogens is 432 g/mol. The van der Waals surface area contributed by atoms with Crippen molar-refractivity contribution in [3.63, 3.8) is 0 Å². The van der Waals surface area contributed by atoms with E-state index in [0.717, 1.165) is 15.6 Å². The molecule has 2 heterocycles. The van der Waals surface area contributed by atoms with Crippen LogP contribution in [0, 0.1) is 0 Å². The van der Waals surface area contributed by atoms with E-state index in [1.807, 2.05) is 79.9 Å². The molecule has 29 heavy (non-hydrogen) atoms. The molecule has 6 nitrogen and oxygen atoms in total. The molecule has 0 aliphatic carbocycles. The first kappa shape index (κ1) is 19.1. The molecule has 1 atom stereocenters. The Kier molecular flexibility index (Phi) is 5.57. The van der Waals surface area contributed by atoms with Crippen molar-refractivity contribution >= 4 is 21.8 Å². The maximum atomic E-state index is 12.5. The van der Waals surface area contributed by atoms with E-state index in [0.29, 0.717) is 17.4 Å². The SMILES string of the molecule is C[C@@H](NC(=O)Cn1cccc1-c1nc(-c2ccc(Br)cc2)no1)c1ccccc1. The highest BCUT2D eigenvalue weighted by Gasteiger charge is 2.16. The zero-order chi connectivity index (χ0) is 20.2. The topological polar surface area (TPSA) is 73.0 Å². The van der Waals surface area contributed by atoms with E-state index < -0.39 is 0 Å². The first-order chi connectivity index (χ1) is 14.1. The van der Waals surface area contributed by atoms with Crippen LogP contribution in [0.25, 0.3) is 23.0 Å². The van der Waals surface area contributed by atoms with Gasteiger partial charge in [-0.15, -0.1) is 0 Å². The van der Waals surface area contributed by atoms with Crippen LogP contribution < -0.4 is 5.32 Å². The molecule has 0 saturated carbocycles. The van der Waals surface area contributed by atoms with Crippen molar-refractivity contribution in [2.24, 2.45) is 0 Å². The Morgan fingerprint density at radius 1 is 1.10 bits per heavy atom. The number of hydrogen-bond donors (Lipinski definition) is 1. The third-order valence-corrected chi connectivity index (χ3v) is 5.10. The molecule has 0 aliphatic heterocycles. The molecule has 0 unspecified atom stereocenters. The monoisotopic (exact) mass is 450 g/mol. The van der Waals surface area contributed by atoms with Crippen LogP contribution in [0.3, 0.4) is 0 Å². The standard InChI is InChI=1S/C22H19BrN4O2/c1-15(16-6-3-2-4-7-16)24-20(28)14-27-13-5-8-19(27)22-25-21(26-29-22)17-9-11-18(23)12-10-17/h2-13,15H,14H2,1H3,(H,24,28)/t15-/m1/s1. The third kappa shape index (κ3) is 4.46. The number of carbonyl (C=O) groups excluding carboxylic acids is 1. The molecule has 146 valence electrons. The second-order valence-corrected chi connectivity index (χ2v) is 7.57. The van der Waals surface area contributed by atoms with Crippen molar-refractivity contribution in [3.8, 4) is 23.0 Å². The van der Waals surface area contributed by atoms with Gasteiger partial charge in [0.2, 0.25) is 11.7 Å². The number of carbonyl (C=O) groups is 1. The van der Waals surface area contributed by atoms with Crippen molar-refractivity contribution in [1.82, 2.24) is 20.0 Å². The fraction of sp³-hybridized carbons (Fsp3) is 0.136. The zero-order valence-corrected chi connectivity index (χ0v) is 17.3. The molecule has 0 bridgehead atoms. The summed E-state index contributed by atoms with van der Waals surface area (Å²) in [5.74, 6) is 0.783. The van der Waals surface area contributed by atoms with Gasteiger partial charge in [0.1, 0.15) is 12.2 Å². The number of nitrogens with one attached hydrogen (secondary N) is 1. The summed E-state index contributed by atoms with van der Waals surface area (Å²) in [5.41, 5.74) is 2.61. The van der Waals surface area contributed by atoms with E-state index in [1.165, 1.54) is 0 Å². The summed E-state index contributed by atoms with van der Waals surface area (Å²) in [4.78, 5) is 17.0. The van der Waals surface area contributed by atoms with Gasteiger partial charge in [-0.3, -0.25) is 4.79 Å². The quantitative estimate of drug-likeness (QED) is 0.455. The van der Waals surface area contributed by atoms with E-state index in [2.05, 4.69) is 31.4 Å². The lowest BCUT2D eigenvalue weighted by Crippen LogP contribution is -2.30. The van der Waals surface area contributed by atoms with Gasteiger partial charge in [0, 0.05) is 16.2 Å². The molecule has 2 aromatic carbocycles. The van der Waals surface area contributed by atoms with Gasteiger partial charge >= 0.3 is 0 Å². The average Bonchev–Trinajstić information content (AvgIpc) is 3.38. The Morgan fingerprint density at radius 2 is 1.86 bits per heavy atom. The summed E-state index contributed by atoms with van der Waals surface area (Å²) < 4.78 is 8.22. The van der Waals surface area contributed by atoms with Gasteiger partial charge < -0.3 is 14.4 Å². The van der Waals surface area contributed by atoms with Crippen LogP contribution in [0.15, 0.2) is 81.9 Å². The van der Waals surface area contributed by atoms with Gasteiger partial charge in [-0.05, 0) is 48.9 Å². The molecule has 0 fully saturated rings. The summed E-state index contributed by atoms with van der Waals surface area (Å²) in [6, 6.07) is 21.2. The molecule has 0 saturated heterocycles. The molecule has 0 aliphatic rings. The molecule has 2 aromatic heterocycles. The van der Waals surface area contributed by atoms with Gasteiger partial charge in [0.05, 0.1) is 6.04 Å². The first-order valence-corrected chi connectivity index (χ1v) is 9.99. The highest BCUT2D eigenvalue weighted by molar-refractivity contribution is 9.10. The number of nitrogens with zero attached hydrogens (tertiary/aromatic N) is 3. The maximum Gasteiger partial charge on any atom is 0.274 e. The van der Waals surface area contributed by atoms with Gasteiger partial charge in [-0.1, -0.05) is 51.4 Å². The molecular formula is C22H19BrN4O2. The van der Waals surface area contributed by atoms with Crippen LogP contribution in [-0.2, 0) is 11.3 Å². The molecule has 0 radical (unpaired) electrons. The van der Waals surface area contributed by atoms with Crippen LogP contribution in [0.4, 0.5) is 0 Å². The van der Waals surface area contributed by atoms with Crippen molar-refractivity contribution in [2.45, 2.75) is 19.5 Å². The summed E-state index contributed by atoms with van der Waals surface area (Å²) in [6.07, 6.45) is 1.82. The fourth-order valence-corrected chi connectivity index (χ4v) is 3.32. The van der Waals surface area contributed by atoms with E-state index in [9.17, 15) is 4.79 Å². The third-order valence-electron chi connectivity index (χ3n) is 4.57. The van der Waals surface area contributed by atoms with Crippen molar-refractivity contribution in [1.29, 1.82) is 0 Å². The van der Waals surface area contributed by atoms with Crippen LogP contribution in [0.1, 0.15) is 18.5 Å².